The maximum absolute atomic E-state index is 11.7. The van der Waals surface area contributed by atoms with Gasteiger partial charge in [0.05, 0.1) is 18.1 Å². The van der Waals surface area contributed by atoms with Gasteiger partial charge < -0.3 is 14.8 Å². The number of rotatable bonds is 4. The fourth-order valence-electron chi connectivity index (χ4n) is 2.24. The number of carbonyl (C=O) groups is 2. The van der Waals surface area contributed by atoms with Gasteiger partial charge in [0.15, 0.2) is 0 Å². The van der Waals surface area contributed by atoms with E-state index in [2.05, 4.69) is 5.32 Å². The lowest BCUT2D eigenvalue weighted by Crippen LogP contribution is -2.25. The van der Waals surface area contributed by atoms with E-state index >= 15 is 0 Å². The molecule has 0 aliphatic heterocycles. The molecule has 2 aromatic rings. The van der Waals surface area contributed by atoms with Crippen molar-refractivity contribution in [3.05, 3.63) is 36.1 Å². The van der Waals surface area contributed by atoms with Crippen molar-refractivity contribution in [2.24, 2.45) is 11.8 Å². The fourth-order valence-corrected chi connectivity index (χ4v) is 2.24. The van der Waals surface area contributed by atoms with Crippen LogP contribution in [0.1, 0.15) is 12.0 Å². The number of benzene rings is 1. The van der Waals surface area contributed by atoms with Crippen LogP contribution in [0.5, 0.6) is 0 Å². The molecule has 0 radical (unpaired) electrons. The highest BCUT2D eigenvalue weighted by molar-refractivity contribution is 5.89. The van der Waals surface area contributed by atoms with E-state index in [1.54, 1.807) is 6.26 Å². The normalized spacial score (nSPS) is 21.3. The van der Waals surface area contributed by atoms with Crippen LogP contribution in [0.4, 0.5) is 0 Å². The van der Waals surface area contributed by atoms with E-state index in [9.17, 15) is 9.59 Å². The van der Waals surface area contributed by atoms with Gasteiger partial charge >= 0.3 is 5.97 Å². The van der Waals surface area contributed by atoms with Crippen LogP contribution < -0.4 is 5.32 Å². The Hall–Kier alpha value is -2.30. The molecule has 1 saturated carbocycles. The van der Waals surface area contributed by atoms with Gasteiger partial charge in [-0.2, -0.15) is 0 Å². The maximum Gasteiger partial charge on any atom is 0.307 e. The Morgan fingerprint density at radius 3 is 2.84 bits per heavy atom. The van der Waals surface area contributed by atoms with Gasteiger partial charge in [0.2, 0.25) is 5.91 Å². The first-order valence-corrected chi connectivity index (χ1v) is 6.12. The molecule has 3 rings (SSSR count). The molecule has 1 aromatic heterocycles. The minimum atomic E-state index is -0.895. The summed E-state index contributed by atoms with van der Waals surface area (Å²) < 4.78 is 5.37. The predicted octanol–water partition coefficient (Wildman–Crippen LogP) is 1.77. The largest absolute Gasteiger partial charge is 0.481 e. The van der Waals surface area contributed by atoms with Crippen molar-refractivity contribution in [3.8, 4) is 0 Å². The van der Waals surface area contributed by atoms with Crippen LogP contribution in [-0.4, -0.2) is 17.0 Å². The second-order valence-electron chi connectivity index (χ2n) is 4.76. The molecule has 5 heteroatoms. The van der Waals surface area contributed by atoms with E-state index in [0.717, 1.165) is 16.5 Å². The Kier molecular flexibility index (Phi) is 2.74. The van der Waals surface area contributed by atoms with Crippen LogP contribution in [0.3, 0.4) is 0 Å². The molecule has 0 saturated heterocycles. The number of para-hydroxylation sites is 1. The number of hydrogen-bond donors (Lipinski definition) is 2. The van der Waals surface area contributed by atoms with Crippen LogP contribution in [0.15, 0.2) is 34.9 Å². The van der Waals surface area contributed by atoms with E-state index in [4.69, 9.17) is 9.52 Å². The lowest BCUT2D eigenvalue weighted by Gasteiger charge is -2.02. The lowest BCUT2D eigenvalue weighted by molar-refractivity contribution is -0.140. The lowest BCUT2D eigenvalue weighted by atomic mass is 10.2. The van der Waals surface area contributed by atoms with Crippen molar-refractivity contribution < 1.29 is 19.1 Å². The molecule has 2 N–H and O–H groups in total. The SMILES string of the molecule is O=C(O)C1CC1C(=O)NCc1coc2ccccc12. The number of hydrogen-bond acceptors (Lipinski definition) is 3. The Balaban J connectivity index is 1.64. The third kappa shape index (κ3) is 2.19. The highest BCUT2D eigenvalue weighted by Gasteiger charge is 2.48. The standard InChI is InChI=1S/C14H13NO4/c16-13(10-5-11(10)14(17)18)15-6-8-7-19-12-4-2-1-3-9(8)12/h1-4,7,10-11H,5-6H2,(H,15,16)(H,17,18). The molecule has 98 valence electrons. The second kappa shape index (κ2) is 4.42. The van der Waals surface area contributed by atoms with Gasteiger partial charge in [-0.05, 0) is 12.5 Å². The van der Waals surface area contributed by atoms with Crippen molar-refractivity contribution >= 4 is 22.8 Å². The van der Waals surface area contributed by atoms with Crippen LogP contribution in [0.2, 0.25) is 0 Å². The summed E-state index contributed by atoms with van der Waals surface area (Å²) >= 11 is 0. The highest BCUT2D eigenvalue weighted by Crippen LogP contribution is 2.38. The fraction of sp³-hybridized carbons (Fsp3) is 0.286. The van der Waals surface area contributed by atoms with E-state index in [0.29, 0.717) is 13.0 Å². The van der Waals surface area contributed by atoms with E-state index in [-0.39, 0.29) is 11.8 Å². The summed E-state index contributed by atoms with van der Waals surface area (Å²) in [5.74, 6) is -1.98. The smallest absolute Gasteiger partial charge is 0.307 e. The first kappa shape index (κ1) is 11.8. The van der Waals surface area contributed by atoms with Crippen molar-refractivity contribution in [2.75, 3.05) is 0 Å². The number of carbonyl (C=O) groups excluding carboxylic acids is 1. The van der Waals surface area contributed by atoms with Gasteiger partial charge in [-0.15, -0.1) is 0 Å². The Labute approximate surface area is 109 Å². The molecule has 1 amide bonds. The average Bonchev–Trinajstić information content (AvgIpc) is 3.11. The molecular weight excluding hydrogens is 246 g/mol. The molecule has 2 atom stereocenters. The molecule has 2 unspecified atom stereocenters. The van der Waals surface area contributed by atoms with Gasteiger partial charge in [0, 0.05) is 17.5 Å². The number of carboxylic acids is 1. The van der Waals surface area contributed by atoms with Crippen molar-refractivity contribution in [3.63, 3.8) is 0 Å². The van der Waals surface area contributed by atoms with Crippen molar-refractivity contribution in [2.45, 2.75) is 13.0 Å². The topological polar surface area (TPSA) is 79.5 Å². The molecule has 5 nitrogen and oxygen atoms in total. The maximum atomic E-state index is 11.7. The molecule has 1 heterocycles. The Morgan fingerprint density at radius 2 is 2.11 bits per heavy atom. The first-order valence-electron chi connectivity index (χ1n) is 6.12. The summed E-state index contributed by atoms with van der Waals surface area (Å²) in [6.45, 7) is 0.360. The number of fused-ring (bicyclic) bond motifs is 1. The Bertz CT molecular complexity index is 646. The number of amides is 1. The highest BCUT2D eigenvalue weighted by atomic mass is 16.4. The number of aliphatic carboxylic acids is 1. The number of furan rings is 1. The number of carboxylic acid groups (broad SMARTS) is 1. The summed E-state index contributed by atoms with van der Waals surface area (Å²) in [4.78, 5) is 22.4. The number of nitrogens with one attached hydrogen (secondary N) is 1. The average molecular weight is 259 g/mol. The molecule has 0 spiro atoms. The van der Waals surface area contributed by atoms with Crippen LogP contribution in [0.25, 0.3) is 11.0 Å². The Morgan fingerprint density at radius 1 is 1.32 bits per heavy atom. The zero-order valence-electron chi connectivity index (χ0n) is 10.1. The zero-order valence-corrected chi connectivity index (χ0v) is 10.1. The molecule has 1 aromatic carbocycles. The molecule has 1 aliphatic carbocycles. The second-order valence-corrected chi connectivity index (χ2v) is 4.76. The van der Waals surface area contributed by atoms with Crippen LogP contribution in [-0.2, 0) is 16.1 Å². The van der Waals surface area contributed by atoms with Gasteiger partial charge in [0.25, 0.3) is 0 Å². The van der Waals surface area contributed by atoms with E-state index < -0.39 is 11.9 Å². The summed E-state index contributed by atoms with van der Waals surface area (Å²) in [7, 11) is 0. The monoisotopic (exact) mass is 259 g/mol. The quantitative estimate of drug-likeness (QED) is 0.877. The predicted molar refractivity (Wildman–Crippen MR) is 67.3 cm³/mol. The van der Waals surface area contributed by atoms with Gasteiger partial charge in [0.1, 0.15) is 5.58 Å². The molecule has 19 heavy (non-hydrogen) atoms. The van der Waals surface area contributed by atoms with Crippen LogP contribution >= 0.6 is 0 Å². The van der Waals surface area contributed by atoms with Gasteiger partial charge in [-0.1, -0.05) is 18.2 Å². The van der Waals surface area contributed by atoms with Gasteiger partial charge in [-0.25, -0.2) is 0 Å². The van der Waals surface area contributed by atoms with E-state index in [1.165, 1.54) is 0 Å². The summed E-state index contributed by atoms with van der Waals surface area (Å²) in [6.07, 6.45) is 2.06. The van der Waals surface area contributed by atoms with Crippen LogP contribution in [0, 0.1) is 11.8 Å². The third-order valence-electron chi connectivity index (χ3n) is 3.46. The molecule has 1 fully saturated rings. The zero-order chi connectivity index (χ0) is 13.4. The first-order chi connectivity index (χ1) is 9.16. The summed E-state index contributed by atoms with van der Waals surface area (Å²) in [5.41, 5.74) is 1.68. The summed E-state index contributed by atoms with van der Waals surface area (Å²) in [5, 5.41) is 12.5. The third-order valence-corrected chi connectivity index (χ3v) is 3.46. The summed E-state index contributed by atoms with van der Waals surface area (Å²) in [6, 6.07) is 7.58. The van der Waals surface area contributed by atoms with E-state index in [1.807, 2.05) is 24.3 Å². The molecule has 0 bridgehead atoms. The van der Waals surface area contributed by atoms with Crippen molar-refractivity contribution in [1.29, 1.82) is 0 Å². The minimum absolute atomic E-state index is 0.197. The van der Waals surface area contributed by atoms with Crippen molar-refractivity contribution in [1.82, 2.24) is 5.32 Å². The molecular formula is C14H13NO4. The minimum Gasteiger partial charge on any atom is -0.481 e. The molecule has 1 aliphatic rings. The van der Waals surface area contributed by atoms with Gasteiger partial charge in [-0.3, -0.25) is 9.59 Å².